The maximum Gasteiger partial charge on any atom is 0.269 e. The van der Waals surface area contributed by atoms with Crippen LogP contribution in [0.25, 0.3) is 0 Å². The molecule has 182 valence electrons. The molecule has 1 heterocycles. The molecule has 1 unspecified atom stereocenters. The zero-order valence-corrected chi connectivity index (χ0v) is 20.0. The molecule has 0 bridgehead atoms. The van der Waals surface area contributed by atoms with Crippen molar-refractivity contribution in [3.63, 3.8) is 0 Å². The molecule has 1 aliphatic rings. The largest absolute Gasteiger partial charge is 0.493 e. The molecular weight excluding hydrogens is 473 g/mol. The van der Waals surface area contributed by atoms with E-state index in [2.05, 4.69) is 5.32 Å². The Bertz CT molecular complexity index is 1240. The number of nitro benzene ring substituents is 1. The molecular formula is C25H24FN3O5S. The van der Waals surface area contributed by atoms with Gasteiger partial charge in [0.1, 0.15) is 18.2 Å². The van der Waals surface area contributed by atoms with Gasteiger partial charge in [-0.1, -0.05) is 6.07 Å². The van der Waals surface area contributed by atoms with Crippen molar-refractivity contribution in [2.45, 2.75) is 12.5 Å². The summed E-state index contributed by atoms with van der Waals surface area (Å²) in [6, 6.07) is 15.6. The lowest BCUT2D eigenvalue weighted by Crippen LogP contribution is -2.44. The summed E-state index contributed by atoms with van der Waals surface area (Å²) in [5, 5.41) is 14.5. The highest BCUT2D eigenvalue weighted by molar-refractivity contribution is 7.80. The number of nitrogens with zero attached hydrogens (tertiary/aromatic N) is 2. The fourth-order valence-corrected chi connectivity index (χ4v) is 4.39. The maximum absolute atomic E-state index is 13.7. The maximum atomic E-state index is 13.7. The van der Waals surface area contributed by atoms with Crippen LogP contribution in [-0.4, -0.2) is 42.3 Å². The number of non-ortho nitro benzene ring substituents is 1. The lowest BCUT2D eigenvalue weighted by molar-refractivity contribution is -0.384. The van der Waals surface area contributed by atoms with Gasteiger partial charge < -0.3 is 24.4 Å². The fraction of sp³-hybridized carbons (Fsp3) is 0.240. The van der Waals surface area contributed by atoms with Gasteiger partial charge in [0.2, 0.25) is 0 Å². The number of rotatable bonds is 7. The minimum atomic E-state index is -0.459. The highest BCUT2D eigenvalue weighted by Gasteiger charge is 2.31. The van der Waals surface area contributed by atoms with Crippen LogP contribution in [0.15, 0.2) is 60.7 Å². The number of fused-ring (bicyclic) bond motifs is 1. The highest BCUT2D eigenvalue weighted by atomic mass is 32.1. The van der Waals surface area contributed by atoms with E-state index >= 15 is 0 Å². The normalized spacial score (nSPS) is 14.6. The smallest absolute Gasteiger partial charge is 0.269 e. The van der Waals surface area contributed by atoms with Gasteiger partial charge in [-0.15, -0.1) is 0 Å². The van der Waals surface area contributed by atoms with E-state index in [0.29, 0.717) is 41.0 Å². The van der Waals surface area contributed by atoms with Crippen molar-refractivity contribution < 1.29 is 23.5 Å². The summed E-state index contributed by atoms with van der Waals surface area (Å²) in [6.07, 6.45) is 0.703. The first-order chi connectivity index (χ1) is 16.9. The molecule has 0 aromatic heterocycles. The summed E-state index contributed by atoms with van der Waals surface area (Å²) in [5.41, 5.74) is 2.56. The van der Waals surface area contributed by atoms with E-state index in [1.54, 1.807) is 38.5 Å². The Kier molecular flexibility index (Phi) is 7.31. The molecule has 0 spiro atoms. The lowest BCUT2D eigenvalue weighted by Gasteiger charge is -2.39. The first-order valence-electron chi connectivity index (χ1n) is 10.8. The number of ether oxygens (including phenoxy) is 3. The quantitative estimate of drug-likeness (QED) is 0.273. The number of thiocarbonyl (C=S) groups is 1. The molecule has 8 nitrogen and oxygen atoms in total. The number of methoxy groups -OCH3 is 2. The van der Waals surface area contributed by atoms with E-state index in [9.17, 15) is 14.5 Å². The van der Waals surface area contributed by atoms with Crippen molar-refractivity contribution in [1.29, 1.82) is 0 Å². The van der Waals surface area contributed by atoms with Crippen LogP contribution in [0.4, 0.5) is 15.8 Å². The highest BCUT2D eigenvalue weighted by Crippen LogP contribution is 2.38. The van der Waals surface area contributed by atoms with Crippen molar-refractivity contribution in [3.8, 4) is 17.2 Å². The molecule has 0 saturated carbocycles. The zero-order chi connectivity index (χ0) is 24.9. The molecule has 0 saturated heterocycles. The van der Waals surface area contributed by atoms with Crippen LogP contribution in [0, 0.1) is 15.9 Å². The lowest BCUT2D eigenvalue weighted by atomic mass is 9.92. The Balaban J connectivity index is 1.63. The fourth-order valence-electron chi connectivity index (χ4n) is 4.05. The number of hydrogen-bond acceptors (Lipinski definition) is 6. The Labute approximate surface area is 207 Å². The summed E-state index contributed by atoms with van der Waals surface area (Å²) in [7, 11) is 3.16. The molecule has 0 fully saturated rings. The predicted octanol–water partition coefficient (Wildman–Crippen LogP) is 5.13. The van der Waals surface area contributed by atoms with Gasteiger partial charge in [-0.05, 0) is 72.2 Å². The molecule has 4 rings (SSSR count). The van der Waals surface area contributed by atoms with E-state index in [-0.39, 0.29) is 24.2 Å². The third kappa shape index (κ3) is 5.43. The van der Waals surface area contributed by atoms with Crippen LogP contribution in [0.1, 0.15) is 17.2 Å². The van der Waals surface area contributed by atoms with Gasteiger partial charge >= 0.3 is 0 Å². The van der Waals surface area contributed by atoms with Crippen LogP contribution in [0.2, 0.25) is 0 Å². The van der Waals surface area contributed by atoms with Gasteiger partial charge in [0.05, 0.1) is 25.2 Å². The summed E-state index contributed by atoms with van der Waals surface area (Å²) < 4.78 is 30.7. The zero-order valence-electron chi connectivity index (χ0n) is 19.2. The Morgan fingerprint density at radius 3 is 2.51 bits per heavy atom. The number of benzene rings is 3. The number of hydrogen-bond donors (Lipinski definition) is 1. The van der Waals surface area contributed by atoms with E-state index in [4.69, 9.17) is 26.4 Å². The summed E-state index contributed by atoms with van der Waals surface area (Å²) >= 11 is 5.70. The standard InChI is InChI=1S/C25H24FN3O5S/c1-32-23-12-16-10-11-28(25(35)27-18-5-3-4-17(26)13-18)22(21(16)14-24(23)33-2)15-34-20-8-6-19(7-9-20)29(30)31/h3-9,12-14,22H,10-11,15H2,1-2H3,(H,27,35). The number of anilines is 1. The van der Waals surface area contributed by atoms with Crippen molar-refractivity contribution in [2.24, 2.45) is 0 Å². The van der Waals surface area contributed by atoms with Gasteiger partial charge in [-0.3, -0.25) is 10.1 Å². The second-order valence-corrected chi connectivity index (χ2v) is 8.25. The van der Waals surface area contributed by atoms with E-state index in [0.717, 1.165) is 11.1 Å². The van der Waals surface area contributed by atoms with Crippen LogP contribution in [0.5, 0.6) is 17.2 Å². The van der Waals surface area contributed by atoms with Crippen LogP contribution in [-0.2, 0) is 6.42 Å². The van der Waals surface area contributed by atoms with Gasteiger partial charge in [0.25, 0.3) is 5.69 Å². The molecule has 0 amide bonds. The number of nitro groups is 1. The molecule has 0 aliphatic carbocycles. The second-order valence-electron chi connectivity index (χ2n) is 7.87. The Morgan fingerprint density at radius 1 is 1.14 bits per heavy atom. The summed E-state index contributed by atoms with van der Waals surface area (Å²) in [6.45, 7) is 0.809. The third-order valence-corrected chi connectivity index (χ3v) is 6.13. The third-order valence-electron chi connectivity index (χ3n) is 5.79. The molecule has 0 radical (unpaired) electrons. The molecule has 1 aliphatic heterocycles. The van der Waals surface area contributed by atoms with Crippen molar-refractivity contribution in [2.75, 3.05) is 32.7 Å². The first kappa shape index (κ1) is 24.2. The number of halogens is 1. The van der Waals surface area contributed by atoms with E-state index in [1.807, 2.05) is 17.0 Å². The summed E-state index contributed by atoms with van der Waals surface area (Å²) in [5.74, 6) is 1.34. The molecule has 35 heavy (non-hydrogen) atoms. The topological polar surface area (TPSA) is 86.1 Å². The van der Waals surface area contributed by atoms with Crippen molar-refractivity contribution >= 4 is 28.7 Å². The second kappa shape index (κ2) is 10.6. The van der Waals surface area contributed by atoms with E-state index < -0.39 is 4.92 Å². The first-order valence-corrected chi connectivity index (χ1v) is 11.3. The molecule has 3 aromatic carbocycles. The Morgan fingerprint density at radius 2 is 1.86 bits per heavy atom. The van der Waals surface area contributed by atoms with Gasteiger partial charge in [-0.25, -0.2) is 4.39 Å². The van der Waals surface area contributed by atoms with Crippen molar-refractivity contribution in [1.82, 2.24) is 4.90 Å². The van der Waals surface area contributed by atoms with Crippen molar-refractivity contribution in [3.05, 3.63) is 87.7 Å². The van der Waals surface area contributed by atoms with Gasteiger partial charge in [-0.2, -0.15) is 0 Å². The monoisotopic (exact) mass is 497 g/mol. The van der Waals surface area contributed by atoms with Gasteiger partial charge in [0, 0.05) is 24.4 Å². The van der Waals surface area contributed by atoms with Gasteiger partial charge in [0.15, 0.2) is 16.6 Å². The van der Waals surface area contributed by atoms with Crippen LogP contribution >= 0.6 is 12.2 Å². The number of nitrogens with one attached hydrogen (secondary N) is 1. The minimum Gasteiger partial charge on any atom is -0.493 e. The minimum absolute atomic E-state index is 0.0145. The van der Waals surface area contributed by atoms with E-state index in [1.165, 1.54) is 24.3 Å². The molecule has 3 aromatic rings. The Hall–Kier alpha value is -3.92. The molecule has 10 heteroatoms. The van der Waals surface area contributed by atoms with Crippen LogP contribution < -0.4 is 19.5 Å². The molecule has 1 N–H and O–H groups in total. The average molecular weight is 498 g/mol. The van der Waals surface area contributed by atoms with Crippen LogP contribution in [0.3, 0.4) is 0 Å². The SMILES string of the molecule is COc1cc2c(cc1OC)C(COc1ccc([N+](=O)[O-])cc1)N(C(=S)Nc1cccc(F)c1)CC2. The average Bonchev–Trinajstić information content (AvgIpc) is 2.86. The molecule has 1 atom stereocenters. The predicted molar refractivity (Wildman–Crippen MR) is 134 cm³/mol. The summed E-state index contributed by atoms with van der Waals surface area (Å²) in [4.78, 5) is 12.5.